The summed E-state index contributed by atoms with van der Waals surface area (Å²) in [6, 6.07) is 7.90. The van der Waals surface area contributed by atoms with Gasteiger partial charge in [0.15, 0.2) is 11.6 Å². The van der Waals surface area contributed by atoms with Gasteiger partial charge in [-0.15, -0.1) is 0 Å². The van der Waals surface area contributed by atoms with E-state index in [4.69, 9.17) is 17.3 Å². The lowest BCUT2D eigenvalue weighted by Crippen LogP contribution is -2.17. The number of benzene rings is 1. The van der Waals surface area contributed by atoms with Crippen LogP contribution in [-0.4, -0.2) is 16.0 Å². The molecule has 1 aromatic carbocycles. The standard InChI is InChI=1S/C15H18ClN5/c16-10-4-3-7-12(8-10)21-15-13(17)14(18-9-19-15)20-11-5-1-2-6-11/h3-4,7-9,11H,1-2,5-6,17H2,(H2,18,19,20,21). The van der Waals surface area contributed by atoms with E-state index in [1.165, 1.54) is 32.0 Å². The summed E-state index contributed by atoms with van der Waals surface area (Å²) >= 11 is 5.98. The molecule has 1 aromatic heterocycles. The number of halogens is 1. The highest BCUT2D eigenvalue weighted by Gasteiger charge is 2.17. The molecule has 0 amide bonds. The predicted molar refractivity (Wildman–Crippen MR) is 87.1 cm³/mol. The van der Waals surface area contributed by atoms with Gasteiger partial charge in [-0.1, -0.05) is 30.5 Å². The highest BCUT2D eigenvalue weighted by molar-refractivity contribution is 6.30. The molecule has 1 saturated carbocycles. The van der Waals surface area contributed by atoms with E-state index in [0.717, 1.165) is 5.69 Å². The van der Waals surface area contributed by atoms with Gasteiger partial charge in [0.1, 0.15) is 12.0 Å². The molecular formula is C15H18ClN5. The van der Waals surface area contributed by atoms with Gasteiger partial charge >= 0.3 is 0 Å². The molecule has 1 heterocycles. The van der Waals surface area contributed by atoms with Crippen molar-refractivity contribution in [3.8, 4) is 0 Å². The molecule has 21 heavy (non-hydrogen) atoms. The van der Waals surface area contributed by atoms with Crippen molar-refractivity contribution in [1.82, 2.24) is 9.97 Å². The van der Waals surface area contributed by atoms with Crippen molar-refractivity contribution in [3.05, 3.63) is 35.6 Å². The van der Waals surface area contributed by atoms with Crippen LogP contribution < -0.4 is 16.4 Å². The monoisotopic (exact) mass is 303 g/mol. The Labute approximate surface area is 128 Å². The summed E-state index contributed by atoms with van der Waals surface area (Å²) in [4.78, 5) is 8.46. The maximum absolute atomic E-state index is 6.16. The number of anilines is 4. The number of nitrogens with one attached hydrogen (secondary N) is 2. The SMILES string of the molecule is Nc1c(Nc2cccc(Cl)c2)ncnc1NC1CCCC1. The average Bonchev–Trinajstić information content (AvgIpc) is 2.96. The van der Waals surface area contributed by atoms with Crippen molar-refractivity contribution in [3.63, 3.8) is 0 Å². The zero-order chi connectivity index (χ0) is 14.7. The summed E-state index contributed by atoms with van der Waals surface area (Å²) < 4.78 is 0. The van der Waals surface area contributed by atoms with Crippen LogP contribution in [0, 0.1) is 0 Å². The zero-order valence-electron chi connectivity index (χ0n) is 11.6. The van der Waals surface area contributed by atoms with Crippen molar-refractivity contribution < 1.29 is 0 Å². The minimum absolute atomic E-state index is 0.459. The number of rotatable bonds is 4. The Morgan fingerprint density at radius 1 is 1.14 bits per heavy atom. The van der Waals surface area contributed by atoms with Gasteiger partial charge in [0.25, 0.3) is 0 Å². The lowest BCUT2D eigenvalue weighted by molar-refractivity contribution is 0.750. The maximum atomic E-state index is 6.16. The Kier molecular flexibility index (Phi) is 4.10. The number of nitrogen functional groups attached to an aromatic ring is 1. The van der Waals surface area contributed by atoms with E-state index in [2.05, 4.69) is 20.6 Å². The van der Waals surface area contributed by atoms with E-state index in [-0.39, 0.29) is 0 Å². The van der Waals surface area contributed by atoms with Crippen LogP contribution in [0.15, 0.2) is 30.6 Å². The molecule has 0 atom stereocenters. The van der Waals surface area contributed by atoms with Crippen molar-refractivity contribution >= 4 is 34.6 Å². The van der Waals surface area contributed by atoms with Crippen molar-refractivity contribution in [1.29, 1.82) is 0 Å². The molecule has 6 heteroatoms. The lowest BCUT2D eigenvalue weighted by Gasteiger charge is -2.16. The van der Waals surface area contributed by atoms with Gasteiger partial charge in [-0.2, -0.15) is 0 Å². The topological polar surface area (TPSA) is 75.9 Å². The number of hydrogen-bond acceptors (Lipinski definition) is 5. The second-order valence-corrected chi connectivity index (χ2v) is 5.68. The van der Waals surface area contributed by atoms with Gasteiger partial charge in [0.05, 0.1) is 0 Å². The first-order valence-corrected chi connectivity index (χ1v) is 7.50. The molecule has 0 saturated heterocycles. The highest BCUT2D eigenvalue weighted by Crippen LogP contribution is 2.29. The van der Waals surface area contributed by atoms with Gasteiger partial charge in [0.2, 0.25) is 0 Å². The van der Waals surface area contributed by atoms with E-state index in [9.17, 15) is 0 Å². The summed E-state index contributed by atoms with van der Waals surface area (Å²) in [5, 5.41) is 7.25. The van der Waals surface area contributed by atoms with Crippen LogP contribution in [0.1, 0.15) is 25.7 Å². The largest absolute Gasteiger partial charge is 0.393 e. The molecule has 110 valence electrons. The van der Waals surface area contributed by atoms with E-state index < -0.39 is 0 Å². The second-order valence-electron chi connectivity index (χ2n) is 5.25. The van der Waals surface area contributed by atoms with Crippen molar-refractivity contribution in [2.75, 3.05) is 16.4 Å². The quantitative estimate of drug-likeness (QED) is 0.800. The Balaban J connectivity index is 1.79. The van der Waals surface area contributed by atoms with Crippen molar-refractivity contribution in [2.45, 2.75) is 31.7 Å². The fraction of sp³-hybridized carbons (Fsp3) is 0.333. The fourth-order valence-corrected chi connectivity index (χ4v) is 2.77. The molecule has 0 aliphatic heterocycles. The third-order valence-electron chi connectivity index (χ3n) is 3.67. The van der Waals surface area contributed by atoms with Crippen LogP contribution in [-0.2, 0) is 0 Å². The minimum atomic E-state index is 0.459. The van der Waals surface area contributed by atoms with Gasteiger partial charge in [-0.05, 0) is 31.0 Å². The summed E-state index contributed by atoms with van der Waals surface area (Å²) in [6.45, 7) is 0. The first-order chi connectivity index (χ1) is 10.2. The maximum Gasteiger partial charge on any atom is 0.159 e. The Bertz CT molecular complexity index is 625. The van der Waals surface area contributed by atoms with Crippen LogP contribution in [0.4, 0.5) is 23.0 Å². The third kappa shape index (κ3) is 3.36. The van der Waals surface area contributed by atoms with Crippen LogP contribution >= 0.6 is 11.6 Å². The Hall–Kier alpha value is -2.01. The average molecular weight is 304 g/mol. The lowest BCUT2D eigenvalue weighted by atomic mass is 10.2. The zero-order valence-corrected chi connectivity index (χ0v) is 12.4. The second kappa shape index (κ2) is 6.18. The minimum Gasteiger partial charge on any atom is -0.393 e. The van der Waals surface area contributed by atoms with Crippen LogP contribution in [0.25, 0.3) is 0 Å². The molecule has 3 rings (SSSR count). The van der Waals surface area contributed by atoms with Crippen molar-refractivity contribution in [2.24, 2.45) is 0 Å². The Morgan fingerprint density at radius 2 is 1.90 bits per heavy atom. The summed E-state index contributed by atoms with van der Waals surface area (Å²) in [7, 11) is 0. The number of hydrogen-bond donors (Lipinski definition) is 3. The van der Waals surface area contributed by atoms with Gasteiger partial charge in [0, 0.05) is 16.8 Å². The molecule has 1 aliphatic carbocycles. The van der Waals surface area contributed by atoms with E-state index in [1.807, 2.05) is 24.3 Å². The third-order valence-corrected chi connectivity index (χ3v) is 3.90. The molecule has 2 aromatic rings. The normalized spacial score (nSPS) is 15.1. The first kappa shape index (κ1) is 13.9. The summed E-state index contributed by atoms with van der Waals surface area (Å²) in [5.41, 5.74) is 7.54. The number of aromatic nitrogens is 2. The van der Waals surface area contributed by atoms with Crippen LogP contribution in [0.5, 0.6) is 0 Å². The first-order valence-electron chi connectivity index (χ1n) is 7.12. The van der Waals surface area contributed by atoms with Gasteiger partial charge in [-0.25, -0.2) is 9.97 Å². The fourth-order valence-electron chi connectivity index (χ4n) is 2.58. The smallest absolute Gasteiger partial charge is 0.159 e. The molecule has 1 fully saturated rings. The number of nitrogens with zero attached hydrogens (tertiary/aromatic N) is 2. The molecule has 0 bridgehead atoms. The number of nitrogens with two attached hydrogens (primary N) is 1. The molecule has 0 unspecified atom stereocenters. The molecule has 1 aliphatic rings. The summed E-state index contributed by atoms with van der Waals surface area (Å²) in [5.74, 6) is 1.29. The van der Waals surface area contributed by atoms with Crippen LogP contribution in [0.2, 0.25) is 5.02 Å². The van der Waals surface area contributed by atoms with E-state index in [0.29, 0.717) is 28.4 Å². The molecule has 0 spiro atoms. The molecular weight excluding hydrogens is 286 g/mol. The molecule has 5 nitrogen and oxygen atoms in total. The summed E-state index contributed by atoms with van der Waals surface area (Å²) in [6.07, 6.45) is 6.37. The Morgan fingerprint density at radius 3 is 2.67 bits per heavy atom. The van der Waals surface area contributed by atoms with E-state index >= 15 is 0 Å². The molecule has 4 N–H and O–H groups in total. The predicted octanol–water partition coefficient (Wildman–Crippen LogP) is 3.81. The van der Waals surface area contributed by atoms with Gasteiger partial charge < -0.3 is 16.4 Å². The van der Waals surface area contributed by atoms with E-state index in [1.54, 1.807) is 0 Å². The van der Waals surface area contributed by atoms with Crippen LogP contribution in [0.3, 0.4) is 0 Å². The van der Waals surface area contributed by atoms with Gasteiger partial charge in [-0.3, -0.25) is 0 Å². The molecule has 0 radical (unpaired) electrons. The highest BCUT2D eigenvalue weighted by atomic mass is 35.5.